The molecule has 0 aromatic carbocycles. The van der Waals surface area contributed by atoms with E-state index in [4.69, 9.17) is 18.5 Å². The Balaban J connectivity index is 3.09. The molecule has 0 atom stereocenters. The zero-order chi connectivity index (χ0) is 7.11. The second kappa shape index (κ2) is 7.09. The van der Waals surface area contributed by atoms with Crippen molar-refractivity contribution in [3.8, 4) is 0 Å². The zero-order valence-electron chi connectivity index (χ0n) is 5.89. The number of hydrogen-bond acceptors (Lipinski definition) is 2. The molecule has 0 heterocycles. The molecule has 0 aliphatic heterocycles. The lowest BCUT2D eigenvalue weighted by atomic mass is 10.5. The second-order valence-corrected chi connectivity index (χ2v) is 3.95. The number of hydrogen-bond donors (Lipinski definition) is 0. The summed E-state index contributed by atoms with van der Waals surface area (Å²) in [7, 11) is 8.87. The van der Waals surface area contributed by atoms with Crippen LogP contribution in [0, 0.1) is 0 Å². The third kappa shape index (κ3) is 5.42. The van der Waals surface area contributed by atoms with Gasteiger partial charge in [0.2, 0.25) is 0 Å². The summed E-state index contributed by atoms with van der Waals surface area (Å²) in [6, 6.07) is 0. The summed E-state index contributed by atoms with van der Waals surface area (Å²) in [5.74, 6) is 0. The van der Waals surface area contributed by atoms with Gasteiger partial charge in [0.05, 0.1) is 0 Å². The molecule has 4 heteroatoms. The molecule has 0 unspecified atom stereocenters. The Hall–Kier alpha value is 0.976. The minimum absolute atomic E-state index is 0.0451. The van der Waals surface area contributed by atoms with Crippen LogP contribution >= 0.6 is 9.07 Å². The Labute approximate surface area is 69.4 Å². The first-order valence-corrected chi connectivity index (χ1v) is 6.10. The lowest BCUT2D eigenvalue weighted by Gasteiger charge is -2.11. The van der Waals surface area contributed by atoms with Crippen LogP contribution in [0.15, 0.2) is 0 Å². The molecule has 0 radical (unpaired) electrons. The van der Waals surface area contributed by atoms with Gasteiger partial charge in [-0.3, -0.25) is 0 Å². The smallest absolute Gasteiger partial charge is 0.356 e. The maximum absolute atomic E-state index is 5.59. The molecule has 0 bridgehead atoms. The lowest BCUT2D eigenvalue weighted by Crippen LogP contribution is -2.12. The van der Waals surface area contributed by atoms with Crippen LogP contribution in [0.5, 0.6) is 0 Å². The summed E-state index contributed by atoms with van der Waals surface area (Å²) >= 11 is -0.335. The summed E-state index contributed by atoms with van der Waals surface area (Å²) in [4.78, 5) is 0. The van der Waals surface area contributed by atoms with Crippen LogP contribution < -0.4 is 0 Å². The summed E-state index contributed by atoms with van der Waals surface area (Å²) < 4.78 is 11.0. The second-order valence-electron chi connectivity index (χ2n) is 1.73. The van der Waals surface area contributed by atoms with Gasteiger partial charge in [-0.2, -0.15) is 0 Å². The Morgan fingerprint density at radius 3 is 2.33 bits per heavy atom. The third-order valence-electron chi connectivity index (χ3n) is 1.10. The van der Waals surface area contributed by atoms with Crippen LogP contribution in [0.2, 0.25) is 4.55 Å². The minimum atomic E-state index is -0.335. The van der Waals surface area contributed by atoms with Gasteiger partial charge in [-0.15, -0.1) is 4.55 Å². The van der Waals surface area contributed by atoms with E-state index in [1.165, 1.54) is 0 Å². The fourth-order valence-electron chi connectivity index (χ4n) is 0.576. The summed E-state index contributed by atoms with van der Waals surface area (Å²) in [6.45, 7) is 0. The van der Waals surface area contributed by atoms with Crippen molar-refractivity contribution in [3.05, 3.63) is 0 Å². The molecule has 9 heavy (non-hydrogen) atoms. The van der Waals surface area contributed by atoms with Gasteiger partial charge >= 0.3 is 19.3 Å². The maximum Gasteiger partial charge on any atom is 0.501 e. The fourth-order valence-corrected chi connectivity index (χ4v) is 1.53. The van der Waals surface area contributed by atoms with Crippen molar-refractivity contribution in [3.63, 3.8) is 0 Å². The fraction of sp³-hybridized carbons (Fsp3) is 1.00. The molecule has 0 saturated carbocycles. The topological polar surface area (TPSA) is 18.5 Å². The largest absolute Gasteiger partial charge is 0.501 e. The van der Waals surface area contributed by atoms with Crippen LogP contribution in [0.25, 0.3) is 0 Å². The monoisotopic (exact) mass is 162 g/mol. The van der Waals surface area contributed by atoms with E-state index >= 15 is 0 Å². The van der Waals surface area contributed by atoms with Crippen molar-refractivity contribution in [2.75, 3.05) is 14.2 Å². The predicted molar refractivity (Wildman–Crippen MR) is 38.8 cm³/mol. The SMILES string of the molecule is COC(C[CH2][Mg][Cl])OC. The van der Waals surface area contributed by atoms with Crippen LogP contribution in [0.1, 0.15) is 6.42 Å². The van der Waals surface area contributed by atoms with Crippen LogP contribution in [-0.4, -0.2) is 39.8 Å². The molecule has 0 saturated heterocycles. The molecule has 0 N–H and O–H groups in total. The molecular weight excluding hydrogens is 152 g/mol. The average molecular weight is 163 g/mol. The molecule has 0 amide bonds. The van der Waals surface area contributed by atoms with Crippen molar-refractivity contribution in [2.45, 2.75) is 17.3 Å². The Morgan fingerprint density at radius 1 is 1.44 bits per heavy atom. The van der Waals surface area contributed by atoms with Gasteiger partial charge in [0.15, 0.2) is 6.29 Å². The molecule has 0 fully saturated rings. The third-order valence-corrected chi connectivity index (χ3v) is 2.58. The van der Waals surface area contributed by atoms with Crippen LogP contribution in [0.4, 0.5) is 0 Å². The van der Waals surface area contributed by atoms with E-state index in [1.807, 2.05) is 0 Å². The van der Waals surface area contributed by atoms with Gasteiger partial charge in [0.25, 0.3) is 0 Å². The summed E-state index contributed by atoms with van der Waals surface area (Å²) in [5, 5.41) is 0. The first kappa shape index (κ1) is 9.98. The Kier molecular flexibility index (Phi) is 7.86. The summed E-state index contributed by atoms with van der Waals surface area (Å²) in [6.07, 6.45) is 0.888. The first-order valence-electron chi connectivity index (χ1n) is 2.96. The van der Waals surface area contributed by atoms with Crippen molar-refractivity contribution in [2.24, 2.45) is 0 Å². The first-order chi connectivity index (χ1) is 4.35. The minimum Gasteiger partial charge on any atom is -0.356 e. The molecule has 0 rings (SSSR count). The molecule has 0 aromatic rings. The van der Waals surface area contributed by atoms with Gasteiger partial charge in [-0.1, -0.05) is 0 Å². The van der Waals surface area contributed by atoms with Gasteiger partial charge in [0, 0.05) is 14.2 Å². The molecule has 0 aromatic heterocycles. The van der Waals surface area contributed by atoms with E-state index in [0.29, 0.717) is 0 Å². The van der Waals surface area contributed by atoms with Gasteiger partial charge in [0.1, 0.15) is 0 Å². The Bertz CT molecular complexity index is 58.9. The van der Waals surface area contributed by atoms with E-state index in [9.17, 15) is 0 Å². The van der Waals surface area contributed by atoms with Gasteiger partial charge in [-0.25, -0.2) is 0 Å². The molecule has 52 valence electrons. The molecule has 0 aliphatic carbocycles. The average Bonchev–Trinajstić information content (AvgIpc) is 1.91. The van der Waals surface area contributed by atoms with Crippen molar-refractivity contribution in [1.82, 2.24) is 0 Å². The van der Waals surface area contributed by atoms with Crippen molar-refractivity contribution >= 4 is 28.3 Å². The highest BCUT2D eigenvalue weighted by atomic mass is 35.5. The van der Waals surface area contributed by atoms with E-state index < -0.39 is 0 Å². The molecule has 2 nitrogen and oxygen atoms in total. The van der Waals surface area contributed by atoms with E-state index in [0.717, 1.165) is 11.0 Å². The van der Waals surface area contributed by atoms with Crippen molar-refractivity contribution in [1.29, 1.82) is 0 Å². The standard InChI is InChI=1S/C5H11O2.ClH.Mg/c1-4-5(6-2)7-3;;/h5H,1,4H2,2-3H3;1H;/q;;+1/p-1. The molecular formula is C5H11ClMgO2. The van der Waals surface area contributed by atoms with Crippen LogP contribution in [0.3, 0.4) is 0 Å². The molecule has 0 spiro atoms. The quantitative estimate of drug-likeness (QED) is 0.448. The van der Waals surface area contributed by atoms with Crippen molar-refractivity contribution < 1.29 is 9.47 Å². The summed E-state index contributed by atoms with van der Waals surface area (Å²) in [5.41, 5.74) is 0. The van der Waals surface area contributed by atoms with E-state index in [1.54, 1.807) is 14.2 Å². The predicted octanol–water partition coefficient (Wildman–Crippen LogP) is 1.27. The highest BCUT2D eigenvalue weighted by molar-refractivity contribution is 6.93. The van der Waals surface area contributed by atoms with E-state index in [2.05, 4.69) is 0 Å². The number of rotatable bonds is 5. The van der Waals surface area contributed by atoms with Gasteiger partial charge < -0.3 is 18.5 Å². The Morgan fingerprint density at radius 2 is 2.00 bits per heavy atom. The van der Waals surface area contributed by atoms with E-state index in [-0.39, 0.29) is 25.6 Å². The highest BCUT2D eigenvalue weighted by Crippen LogP contribution is 2.01. The number of halogens is 1. The maximum atomic E-state index is 5.59. The van der Waals surface area contributed by atoms with Gasteiger partial charge in [-0.05, 0) is 6.42 Å². The zero-order valence-corrected chi connectivity index (χ0v) is 8.06. The number of ether oxygens (including phenoxy) is 2. The van der Waals surface area contributed by atoms with Crippen LogP contribution in [-0.2, 0) is 9.47 Å². The highest BCUT2D eigenvalue weighted by Gasteiger charge is 2.03. The normalized spacial score (nSPS) is 9.78. The molecule has 0 aliphatic rings. The lowest BCUT2D eigenvalue weighted by molar-refractivity contribution is -0.103. The number of methoxy groups -OCH3 is 2.